The topological polar surface area (TPSA) is 114 Å². The van der Waals surface area contributed by atoms with Crippen LogP contribution in [-0.4, -0.2) is 51.2 Å². The second-order valence-electron chi connectivity index (χ2n) is 8.39. The monoisotopic (exact) mass is 539 g/mol. The molecule has 1 aromatic carbocycles. The van der Waals surface area contributed by atoms with E-state index in [1.54, 1.807) is 17.0 Å². The maximum absolute atomic E-state index is 14.2. The molecule has 0 unspecified atom stereocenters. The van der Waals surface area contributed by atoms with Crippen LogP contribution in [0, 0.1) is 5.82 Å². The molecule has 0 spiro atoms. The molecule has 0 radical (unpaired) electrons. The first-order valence-corrected chi connectivity index (χ1v) is 11.8. The molecular weight excluding hydrogens is 518 g/mol. The van der Waals surface area contributed by atoms with E-state index in [0.717, 1.165) is 12.3 Å². The molecule has 4 aromatic rings. The highest BCUT2D eigenvalue weighted by atomic mass is 19.4. The summed E-state index contributed by atoms with van der Waals surface area (Å²) in [6.07, 6.45) is 1.86. The lowest BCUT2D eigenvalue weighted by Crippen LogP contribution is -2.37. The van der Waals surface area contributed by atoms with E-state index in [1.165, 1.54) is 37.1 Å². The Hall–Kier alpha value is -4.59. The maximum atomic E-state index is 14.2. The molecule has 0 amide bonds. The first-order chi connectivity index (χ1) is 18.9. The SMILES string of the molecule is Fc1cnc(N=NCc2ccc(Nc3ccc(-c4cncnc4)c(C(F)(F)F)c3)cn2)nc1N1CCOCC1. The van der Waals surface area contributed by atoms with Gasteiger partial charge in [-0.05, 0) is 29.8 Å². The summed E-state index contributed by atoms with van der Waals surface area (Å²) in [6.45, 7) is 2.08. The number of nitrogens with one attached hydrogen (secondary N) is 1. The van der Waals surface area contributed by atoms with E-state index >= 15 is 0 Å². The predicted octanol–water partition coefficient (Wildman–Crippen LogP) is 5.35. The van der Waals surface area contributed by atoms with Gasteiger partial charge in [0.2, 0.25) is 0 Å². The Balaban J connectivity index is 1.24. The van der Waals surface area contributed by atoms with Crippen LogP contribution in [0.4, 0.5) is 40.7 Å². The van der Waals surface area contributed by atoms with Crippen molar-refractivity contribution in [3.8, 4) is 11.1 Å². The van der Waals surface area contributed by atoms with Crippen molar-refractivity contribution in [1.82, 2.24) is 24.9 Å². The van der Waals surface area contributed by atoms with E-state index < -0.39 is 17.6 Å². The normalized spacial score (nSPS) is 14.1. The fourth-order valence-corrected chi connectivity index (χ4v) is 3.87. The molecule has 14 heteroatoms. The molecule has 1 aliphatic heterocycles. The fraction of sp³-hybridized carbons (Fsp3) is 0.240. The molecule has 0 aliphatic carbocycles. The molecule has 1 N–H and O–H groups in total. The Morgan fingerprint density at radius 3 is 2.44 bits per heavy atom. The van der Waals surface area contributed by atoms with Crippen molar-refractivity contribution < 1.29 is 22.3 Å². The van der Waals surface area contributed by atoms with Gasteiger partial charge in [-0.15, -0.1) is 5.11 Å². The van der Waals surface area contributed by atoms with Crippen LogP contribution in [0.5, 0.6) is 0 Å². The highest BCUT2D eigenvalue weighted by Gasteiger charge is 2.34. The molecule has 3 aromatic heterocycles. The van der Waals surface area contributed by atoms with Gasteiger partial charge in [0.05, 0.1) is 42.6 Å². The number of morpholine rings is 1. The fourth-order valence-electron chi connectivity index (χ4n) is 3.87. The third-order valence-electron chi connectivity index (χ3n) is 5.73. The summed E-state index contributed by atoms with van der Waals surface area (Å²) < 4.78 is 60.7. The average molecular weight is 539 g/mol. The van der Waals surface area contributed by atoms with Crippen LogP contribution >= 0.6 is 0 Å². The van der Waals surface area contributed by atoms with Crippen molar-refractivity contribution in [2.45, 2.75) is 12.7 Å². The summed E-state index contributed by atoms with van der Waals surface area (Å²) in [7, 11) is 0. The number of rotatable bonds is 7. The van der Waals surface area contributed by atoms with Gasteiger partial charge in [-0.2, -0.15) is 23.3 Å². The molecule has 4 heterocycles. The number of halogens is 4. The average Bonchev–Trinajstić information content (AvgIpc) is 2.95. The Labute approximate surface area is 219 Å². The number of nitrogens with zero attached hydrogens (tertiary/aromatic N) is 8. The van der Waals surface area contributed by atoms with Crippen LogP contribution in [-0.2, 0) is 17.5 Å². The van der Waals surface area contributed by atoms with Gasteiger partial charge in [0.25, 0.3) is 5.95 Å². The van der Waals surface area contributed by atoms with Crippen LogP contribution in [0.3, 0.4) is 0 Å². The van der Waals surface area contributed by atoms with Crippen molar-refractivity contribution in [2.75, 3.05) is 36.5 Å². The van der Waals surface area contributed by atoms with Gasteiger partial charge in [-0.25, -0.2) is 19.3 Å². The smallest absolute Gasteiger partial charge is 0.378 e. The molecule has 5 rings (SSSR count). The quantitative estimate of drug-likeness (QED) is 0.247. The van der Waals surface area contributed by atoms with E-state index in [2.05, 4.69) is 40.5 Å². The molecule has 39 heavy (non-hydrogen) atoms. The minimum Gasteiger partial charge on any atom is -0.378 e. The van der Waals surface area contributed by atoms with Crippen molar-refractivity contribution in [3.63, 3.8) is 0 Å². The Morgan fingerprint density at radius 2 is 1.72 bits per heavy atom. The van der Waals surface area contributed by atoms with Crippen LogP contribution in [0.25, 0.3) is 11.1 Å². The first-order valence-electron chi connectivity index (χ1n) is 11.8. The second-order valence-corrected chi connectivity index (χ2v) is 8.39. The van der Waals surface area contributed by atoms with Gasteiger partial charge in [-0.1, -0.05) is 6.07 Å². The van der Waals surface area contributed by atoms with E-state index in [4.69, 9.17) is 4.74 Å². The number of alkyl halides is 3. The highest BCUT2D eigenvalue weighted by molar-refractivity contribution is 5.71. The van der Waals surface area contributed by atoms with Crippen molar-refractivity contribution in [3.05, 3.63) is 78.5 Å². The van der Waals surface area contributed by atoms with Crippen molar-refractivity contribution in [2.24, 2.45) is 10.2 Å². The van der Waals surface area contributed by atoms with Gasteiger partial charge in [0, 0.05) is 36.7 Å². The summed E-state index contributed by atoms with van der Waals surface area (Å²) in [6, 6.07) is 7.25. The summed E-state index contributed by atoms with van der Waals surface area (Å²) >= 11 is 0. The van der Waals surface area contributed by atoms with E-state index in [1.807, 2.05) is 0 Å². The molecule has 0 saturated carbocycles. The number of azo groups is 1. The number of hydrogen-bond acceptors (Lipinski definition) is 10. The molecule has 1 saturated heterocycles. The lowest BCUT2D eigenvalue weighted by molar-refractivity contribution is -0.137. The summed E-state index contributed by atoms with van der Waals surface area (Å²) in [5.41, 5.74) is 0.704. The predicted molar refractivity (Wildman–Crippen MR) is 133 cm³/mol. The Morgan fingerprint density at radius 1 is 0.949 bits per heavy atom. The summed E-state index contributed by atoms with van der Waals surface area (Å²) in [4.78, 5) is 21.6. The largest absolute Gasteiger partial charge is 0.417 e. The van der Waals surface area contributed by atoms with E-state index in [-0.39, 0.29) is 35.1 Å². The van der Waals surface area contributed by atoms with Crippen LogP contribution in [0.2, 0.25) is 0 Å². The van der Waals surface area contributed by atoms with Crippen LogP contribution in [0.1, 0.15) is 11.3 Å². The lowest BCUT2D eigenvalue weighted by atomic mass is 10.0. The van der Waals surface area contributed by atoms with Gasteiger partial charge in [-0.3, -0.25) is 4.98 Å². The van der Waals surface area contributed by atoms with Crippen molar-refractivity contribution >= 4 is 23.1 Å². The zero-order valence-corrected chi connectivity index (χ0v) is 20.3. The number of aromatic nitrogens is 5. The zero-order valence-electron chi connectivity index (χ0n) is 20.3. The summed E-state index contributed by atoms with van der Waals surface area (Å²) in [5, 5.41) is 10.9. The third kappa shape index (κ3) is 6.46. The Kier molecular flexibility index (Phi) is 7.63. The van der Waals surface area contributed by atoms with Crippen LogP contribution in [0.15, 0.2) is 71.7 Å². The Bertz CT molecular complexity index is 1440. The highest BCUT2D eigenvalue weighted by Crippen LogP contribution is 2.38. The maximum Gasteiger partial charge on any atom is 0.417 e. The number of pyridine rings is 1. The number of anilines is 3. The van der Waals surface area contributed by atoms with Crippen LogP contribution < -0.4 is 10.2 Å². The standard InChI is InChI=1S/C25H21F4N9O/c26-22-14-33-24(36-23(22)38-5-7-39-8-6-38)37-34-13-18-1-2-19(12-32-18)35-17-3-4-20(16-10-30-15-31-11-16)21(9-17)25(27,28)29/h1-4,9-12,14-15,35H,5-8,13H2. The van der Waals surface area contributed by atoms with E-state index in [0.29, 0.717) is 37.7 Å². The number of benzene rings is 1. The molecule has 0 atom stereocenters. The number of hydrogen-bond donors (Lipinski definition) is 1. The van der Waals surface area contributed by atoms with Gasteiger partial charge >= 0.3 is 6.18 Å². The number of ether oxygens (including phenoxy) is 1. The molecule has 10 nitrogen and oxygen atoms in total. The molecule has 0 bridgehead atoms. The summed E-state index contributed by atoms with van der Waals surface area (Å²) in [5.74, 6) is -0.386. The lowest BCUT2D eigenvalue weighted by Gasteiger charge is -2.27. The van der Waals surface area contributed by atoms with Crippen molar-refractivity contribution in [1.29, 1.82) is 0 Å². The second kappa shape index (κ2) is 11.4. The van der Waals surface area contributed by atoms with Gasteiger partial charge in [0.1, 0.15) is 12.9 Å². The van der Waals surface area contributed by atoms with E-state index in [9.17, 15) is 17.6 Å². The molecule has 200 valence electrons. The van der Waals surface area contributed by atoms with Gasteiger partial charge < -0.3 is 15.0 Å². The molecule has 1 aliphatic rings. The third-order valence-corrected chi connectivity index (χ3v) is 5.73. The zero-order chi connectivity index (χ0) is 27.2. The minimum absolute atomic E-state index is 0.0159. The minimum atomic E-state index is -4.58. The molecule has 1 fully saturated rings. The first kappa shape index (κ1) is 26.0. The van der Waals surface area contributed by atoms with Gasteiger partial charge in [0.15, 0.2) is 11.6 Å². The molecular formula is C25H21F4N9O.